The number of nitrogens with zero attached hydrogens (tertiary/aromatic N) is 5. The van der Waals surface area contributed by atoms with Crippen molar-refractivity contribution in [2.45, 2.75) is 18.7 Å². The molecule has 0 saturated carbocycles. The van der Waals surface area contributed by atoms with E-state index in [4.69, 9.17) is 8.71 Å². The molecule has 0 aliphatic carbocycles. The van der Waals surface area contributed by atoms with E-state index >= 15 is 0 Å². The third kappa shape index (κ3) is 2.55. The van der Waals surface area contributed by atoms with Crippen LogP contribution in [-0.4, -0.2) is 33.8 Å². The molecule has 0 bridgehead atoms. The number of hydrogen-bond donors (Lipinski definition) is 0. The second kappa shape index (κ2) is 5.22. The fraction of sp³-hybridized carbons (Fsp3) is 0.167. The van der Waals surface area contributed by atoms with Crippen LogP contribution in [0.4, 0.5) is 0 Å². The molecule has 10 heteroatoms. The normalized spacial score (nSPS) is 11.5. The molecule has 114 valence electrons. The van der Waals surface area contributed by atoms with Crippen LogP contribution in [0.15, 0.2) is 40.0 Å². The van der Waals surface area contributed by atoms with Crippen LogP contribution in [-0.2, 0) is 10.1 Å². The summed E-state index contributed by atoms with van der Waals surface area (Å²) in [6.07, 6.45) is 1.43. The zero-order valence-electron chi connectivity index (χ0n) is 11.7. The number of hydrogen-bond acceptors (Lipinski definition) is 8. The summed E-state index contributed by atoms with van der Waals surface area (Å²) in [4.78, 5) is -0.0583. The fourth-order valence-electron chi connectivity index (χ4n) is 1.93. The van der Waals surface area contributed by atoms with Crippen LogP contribution in [0, 0.1) is 13.8 Å². The van der Waals surface area contributed by atoms with E-state index in [1.807, 2.05) is 0 Å². The van der Waals surface area contributed by atoms with E-state index in [1.165, 1.54) is 37.0 Å². The Morgan fingerprint density at radius 1 is 1.18 bits per heavy atom. The molecule has 0 atom stereocenters. The number of rotatable bonds is 4. The van der Waals surface area contributed by atoms with Gasteiger partial charge in [0.25, 0.3) is 0 Å². The van der Waals surface area contributed by atoms with E-state index in [2.05, 4.69) is 20.7 Å². The van der Waals surface area contributed by atoms with Crippen molar-refractivity contribution < 1.29 is 17.1 Å². The number of aryl methyl sites for hydroxylation is 2. The minimum Gasteiger partial charge on any atom is -0.379 e. The molecule has 22 heavy (non-hydrogen) atoms. The lowest BCUT2D eigenvalue weighted by molar-refractivity contribution is 0.390. The van der Waals surface area contributed by atoms with Gasteiger partial charge in [-0.2, -0.15) is 8.42 Å². The third-order valence-electron chi connectivity index (χ3n) is 2.87. The predicted molar refractivity (Wildman–Crippen MR) is 72.9 cm³/mol. The van der Waals surface area contributed by atoms with E-state index in [1.54, 1.807) is 12.1 Å². The summed E-state index contributed by atoms with van der Waals surface area (Å²) < 4.78 is 35.9. The average molecular weight is 321 g/mol. The Morgan fingerprint density at radius 3 is 2.45 bits per heavy atom. The van der Waals surface area contributed by atoms with E-state index in [0.717, 1.165) is 0 Å². The maximum atomic E-state index is 12.3. The SMILES string of the molecule is Cc1noc(C)c1S(=O)(=O)Oc1ccc(-n2cnnn2)cc1. The Morgan fingerprint density at radius 2 is 1.91 bits per heavy atom. The van der Waals surface area contributed by atoms with Gasteiger partial charge in [0, 0.05) is 0 Å². The lowest BCUT2D eigenvalue weighted by atomic mass is 10.3. The van der Waals surface area contributed by atoms with Crippen molar-refractivity contribution in [1.29, 1.82) is 0 Å². The highest BCUT2D eigenvalue weighted by atomic mass is 32.2. The third-order valence-corrected chi connectivity index (χ3v) is 4.37. The molecule has 3 rings (SSSR count). The summed E-state index contributed by atoms with van der Waals surface area (Å²) in [7, 11) is -4.00. The second-order valence-corrected chi connectivity index (χ2v) is 5.92. The molecule has 0 amide bonds. The van der Waals surface area contributed by atoms with E-state index in [-0.39, 0.29) is 22.1 Å². The minimum absolute atomic E-state index is 0.0583. The molecule has 1 aromatic carbocycles. The largest absolute Gasteiger partial charge is 0.379 e. The average Bonchev–Trinajstić information content (AvgIpc) is 3.09. The molecule has 0 radical (unpaired) electrons. The van der Waals surface area contributed by atoms with Crippen LogP contribution in [0.1, 0.15) is 11.5 Å². The summed E-state index contributed by atoms with van der Waals surface area (Å²) in [5, 5.41) is 14.4. The van der Waals surface area contributed by atoms with Crippen molar-refractivity contribution in [2.75, 3.05) is 0 Å². The van der Waals surface area contributed by atoms with Gasteiger partial charge in [-0.3, -0.25) is 0 Å². The van der Waals surface area contributed by atoms with Crippen LogP contribution in [0.5, 0.6) is 5.75 Å². The van der Waals surface area contributed by atoms with Crippen LogP contribution in [0.25, 0.3) is 5.69 Å². The molecule has 0 fully saturated rings. The Labute approximate surface area is 125 Å². The highest BCUT2D eigenvalue weighted by molar-refractivity contribution is 7.87. The van der Waals surface area contributed by atoms with Gasteiger partial charge >= 0.3 is 10.1 Å². The molecule has 0 spiro atoms. The highest BCUT2D eigenvalue weighted by Crippen LogP contribution is 2.24. The zero-order chi connectivity index (χ0) is 15.7. The quantitative estimate of drug-likeness (QED) is 0.655. The van der Waals surface area contributed by atoms with Crippen LogP contribution in [0.2, 0.25) is 0 Å². The molecular weight excluding hydrogens is 310 g/mol. The molecule has 0 aliphatic rings. The summed E-state index contributed by atoms with van der Waals surface area (Å²) in [5.74, 6) is 0.347. The van der Waals surface area contributed by atoms with Gasteiger partial charge < -0.3 is 8.71 Å². The summed E-state index contributed by atoms with van der Waals surface area (Å²) in [6.45, 7) is 3.05. The van der Waals surface area contributed by atoms with Gasteiger partial charge in [0.15, 0.2) is 10.7 Å². The molecule has 2 aromatic heterocycles. The van der Waals surface area contributed by atoms with Gasteiger partial charge in [-0.1, -0.05) is 5.16 Å². The van der Waals surface area contributed by atoms with Crippen molar-refractivity contribution in [2.24, 2.45) is 0 Å². The monoisotopic (exact) mass is 321 g/mol. The maximum Gasteiger partial charge on any atom is 0.344 e. The number of tetrazole rings is 1. The Balaban J connectivity index is 1.87. The second-order valence-electron chi connectivity index (χ2n) is 4.44. The molecule has 0 unspecified atom stereocenters. The molecule has 3 aromatic rings. The van der Waals surface area contributed by atoms with Crippen molar-refractivity contribution in [3.63, 3.8) is 0 Å². The first-order valence-corrected chi connectivity index (χ1v) is 7.59. The summed E-state index contributed by atoms with van der Waals surface area (Å²) >= 11 is 0. The van der Waals surface area contributed by atoms with E-state index in [0.29, 0.717) is 5.69 Å². The van der Waals surface area contributed by atoms with Crippen LogP contribution >= 0.6 is 0 Å². The molecule has 0 saturated heterocycles. The zero-order valence-corrected chi connectivity index (χ0v) is 12.5. The Kier molecular flexibility index (Phi) is 3.37. The first-order chi connectivity index (χ1) is 10.5. The van der Waals surface area contributed by atoms with Crippen LogP contribution in [0.3, 0.4) is 0 Å². The van der Waals surface area contributed by atoms with Gasteiger partial charge in [0.05, 0.1) is 5.69 Å². The van der Waals surface area contributed by atoms with Crippen molar-refractivity contribution in [1.82, 2.24) is 25.4 Å². The van der Waals surface area contributed by atoms with Crippen LogP contribution < -0.4 is 4.18 Å². The standard InChI is InChI=1S/C12H11N5O4S/c1-8-12(9(2)20-14-8)22(18,19)21-11-5-3-10(4-6-11)17-7-13-15-16-17/h3-7H,1-2H3. The predicted octanol–water partition coefficient (Wildman–Crippen LogP) is 1.03. The number of aromatic nitrogens is 5. The molecular formula is C12H11N5O4S. The highest BCUT2D eigenvalue weighted by Gasteiger charge is 2.26. The van der Waals surface area contributed by atoms with E-state index < -0.39 is 10.1 Å². The Bertz CT molecular complexity index is 865. The minimum atomic E-state index is -4.00. The summed E-state index contributed by atoms with van der Waals surface area (Å²) in [6, 6.07) is 6.28. The first-order valence-electron chi connectivity index (χ1n) is 6.18. The van der Waals surface area contributed by atoms with Gasteiger partial charge in [0.2, 0.25) is 0 Å². The smallest absolute Gasteiger partial charge is 0.344 e. The first kappa shape index (κ1) is 14.2. The van der Waals surface area contributed by atoms with Gasteiger partial charge in [-0.15, -0.1) is 5.10 Å². The molecule has 2 heterocycles. The van der Waals surface area contributed by atoms with Gasteiger partial charge in [-0.05, 0) is 48.5 Å². The van der Waals surface area contributed by atoms with Gasteiger partial charge in [0.1, 0.15) is 17.8 Å². The van der Waals surface area contributed by atoms with Crippen molar-refractivity contribution >= 4 is 10.1 Å². The van der Waals surface area contributed by atoms with Crippen molar-refractivity contribution in [3.8, 4) is 11.4 Å². The fourth-order valence-corrected chi connectivity index (χ4v) is 3.17. The van der Waals surface area contributed by atoms with Gasteiger partial charge in [-0.25, -0.2) is 4.68 Å². The van der Waals surface area contributed by atoms with E-state index in [9.17, 15) is 8.42 Å². The lowest BCUT2D eigenvalue weighted by Gasteiger charge is -2.07. The maximum absolute atomic E-state index is 12.3. The Hall–Kier alpha value is -2.75. The molecule has 9 nitrogen and oxygen atoms in total. The van der Waals surface area contributed by atoms with Crippen molar-refractivity contribution in [3.05, 3.63) is 42.0 Å². The number of benzene rings is 1. The lowest BCUT2D eigenvalue weighted by Crippen LogP contribution is -2.11. The molecule has 0 N–H and O–H groups in total. The topological polar surface area (TPSA) is 113 Å². The summed E-state index contributed by atoms with van der Waals surface area (Å²) in [5.41, 5.74) is 0.926. The molecule has 0 aliphatic heterocycles.